The van der Waals surface area contributed by atoms with Crippen molar-refractivity contribution in [3.05, 3.63) is 53.6 Å². The third-order valence-electron chi connectivity index (χ3n) is 2.56. The number of nitrogens with one attached hydrogen (secondary N) is 2. The maximum atomic E-state index is 11.7. The number of urea groups is 1. The molecule has 112 valence electrons. The van der Waals surface area contributed by atoms with Gasteiger partial charge in [-0.1, -0.05) is 11.6 Å². The third kappa shape index (κ3) is 5.20. The monoisotopic (exact) mass is 333 g/mol. The second-order valence-corrected chi connectivity index (χ2v) is 5.39. The largest absolute Gasteiger partial charge is 0.473 e. The predicted molar refractivity (Wildman–Crippen MR) is 87.0 cm³/mol. The molecular formula is C15H12ClN3O2S. The fraction of sp³-hybridized carbons (Fsp3) is 0.0667. The Kier molecular flexibility index (Phi) is 5.95. The second kappa shape index (κ2) is 8.17. The Morgan fingerprint density at radius 1 is 1.18 bits per heavy atom. The molecule has 0 spiro atoms. The van der Waals surface area contributed by atoms with Crippen molar-refractivity contribution < 1.29 is 9.53 Å². The van der Waals surface area contributed by atoms with E-state index >= 15 is 0 Å². The van der Waals surface area contributed by atoms with Gasteiger partial charge in [0.2, 0.25) is 0 Å². The molecule has 0 heterocycles. The molecule has 0 aliphatic rings. The van der Waals surface area contributed by atoms with Crippen molar-refractivity contribution in [1.29, 1.82) is 5.26 Å². The number of benzene rings is 2. The maximum Gasteiger partial charge on any atom is 0.321 e. The molecule has 7 heteroatoms. The molecule has 0 aromatic heterocycles. The Morgan fingerprint density at radius 3 is 2.50 bits per heavy atom. The smallest absolute Gasteiger partial charge is 0.321 e. The minimum Gasteiger partial charge on any atom is -0.473 e. The highest BCUT2D eigenvalue weighted by Crippen LogP contribution is 2.19. The van der Waals surface area contributed by atoms with E-state index in [1.54, 1.807) is 48.5 Å². The number of halogens is 1. The molecule has 2 amide bonds. The van der Waals surface area contributed by atoms with Gasteiger partial charge in [-0.2, -0.15) is 5.26 Å². The second-order valence-electron chi connectivity index (χ2n) is 4.09. The maximum absolute atomic E-state index is 11.7. The highest BCUT2D eigenvalue weighted by atomic mass is 35.5. The van der Waals surface area contributed by atoms with E-state index in [1.807, 2.05) is 5.40 Å². The van der Waals surface area contributed by atoms with Crippen LogP contribution in [0.5, 0.6) is 5.75 Å². The van der Waals surface area contributed by atoms with Crippen LogP contribution in [0, 0.1) is 10.7 Å². The molecule has 5 nitrogen and oxygen atoms in total. The summed E-state index contributed by atoms with van der Waals surface area (Å²) in [4.78, 5) is 12.5. The first-order valence-electron chi connectivity index (χ1n) is 6.26. The Labute approximate surface area is 137 Å². The molecule has 0 radical (unpaired) electrons. The fourth-order valence-corrected chi connectivity index (χ4v) is 2.05. The highest BCUT2D eigenvalue weighted by molar-refractivity contribution is 8.03. The Balaban J connectivity index is 1.75. The Bertz CT molecular complexity index is 669. The van der Waals surface area contributed by atoms with E-state index in [4.69, 9.17) is 21.6 Å². The molecule has 0 atom stereocenters. The van der Waals surface area contributed by atoms with Gasteiger partial charge in [-0.3, -0.25) is 0 Å². The van der Waals surface area contributed by atoms with E-state index in [-0.39, 0.29) is 12.8 Å². The van der Waals surface area contributed by atoms with Crippen LogP contribution in [0.15, 0.2) is 53.4 Å². The number of rotatable bonds is 5. The lowest BCUT2D eigenvalue weighted by Gasteiger charge is -2.09. The number of thiocyanates is 1. The molecule has 22 heavy (non-hydrogen) atoms. The molecule has 0 unspecified atom stereocenters. The van der Waals surface area contributed by atoms with Crippen LogP contribution in [0.2, 0.25) is 5.02 Å². The van der Waals surface area contributed by atoms with Crippen molar-refractivity contribution in [3.63, 3.8) is 0 Å². The van der Waals surface area contributed by atoms with Crippen LogP contribution in [-0.2, 0) is 0 Å². The molecule has 2 aromatic rings. The first kappa shape index (κ1) is 16.0. The van der Waals surface area contributed by atoms with E-state index in [9.17, 15) is 4.79 Å². The zero-order chi connectivity index (χ0) is 15.8. The highest BCUT2D eigenvalue weighted by Gasteiger charge is 2.02. The topological polar surface area (TPSA) is 74.2 Å². The lowest BCUT2D eigenvalue weighted by atomic mass is 10.3. The lowest BCUT2D eigenvalue weighted by Crippen LogP contribution is -2.31. The van der Waals surface area contributed by atoms with Crippen LogP contribution in [-0.4, -0.2) is 12.8 Å². The number of nitrogens with zero attached hydrogens (tertiary/aromatic N) is 1. The Morgan fingerprint density at radius 2 is 1.86 bits per heavy atom. The van der Waals surface area contributed by atoms with Crippen molar-refractivity contribution in [2.75, 3.05) is 12.0 Å². The van der Waals surface area contributed by atoms with Crippen molar-refractivity contribution in [2.24, 2.45) is 0 Å². The molecule has 0 saturated heterocycles. The van der Waals surface area contributed by atoms with Gasteiger partial charge in [0.05, 0.1) is 0 Å². The number of nitriles is 1. The van der Waals surface area contributed by atoms with Gasteiger partial charge in [0.1, 0.15) is 11.2 Å². The molecule has 2 rings (SSSR count). The van der Waals surface area contributed by atoms with Gasteiger partial charge < -0.3 is 15.4 Å². The number of hydrogen-bond donors (Lipinski definition) is 2. The standard InChI is InChI=1S/C15H12ClN3O2S/c16-11-1-5-13(6-2-11)21-10-18-15(20)19-12-3-7-14(8-4-12)22-9-17/h1-8H,10H2,(H2,18,19,20). The van der Waals surface area contributed by atoms with Crippen LogP contribution >= 0.6 is 23.4 Å². The van der Waals surface area contributed by atoms with Gasteiger partial charge in [-0.15, -0.1) is 0 Å². The number of ether oxygens (including phenoxy) is 1. The summed E-state index contributed by atoms with van der Waals surface area (Å²) < 4.78 is 5.35. The molecule has 2 aromatic carbocycles. The number of amides is 2. The molecule has 0 saturated carbocycles. The van der Waals surface area contributed by atoms with Gasteiger partial charge in [-0.05, 0) is 60.3 Å². The van der Waals surface area contributed by atoms with Crippen molar-refractivity contribution in [3.8, 4) is 11.2 Å². The van der Waals surface area contributed by atoms with E-state index in [0.29, 0.717) is 16.5 Å². The fourth-order valence-electron chi connectivity index (χ4n) is 1.55. The number of carbonyl (C=O) groups is 1. The number of hydrogen-bond acceptors (Lipinski definition) is 4. The van der Waals surface area contributed by atoms with Crippen molar-refractivity contribution in [2.45, 2.75) is 4.90 Å². The van der Waals surface area contributed by atoms with E-state index in [2.05, 4.69) is 10.6 Å². The first-order chi connectivity index (χ1) is 10.7. The minimum atomic E-state index is -0.380. The summed E-state index contributed by atoms with van der Waals surface area (Å²) in [6.07, 6.45) is 0. The van der Waals surface area contributed by atoms with Gasteiger partial charge in [0, 0.05) is 15.6 Å². The summed E-state index contributed by atoms with van der Waals surface area (Å²) in [5.41, 5.74) is 0.631. The number of carbonyl (C=O) groups excluding carboxylic acids is 1. The van der Waals surface area contributed by atoms with Crippen LogP contribution in [0.25, 0.3) is 0 Å². The lowest BCUT2D eigenvalue weighted by molar-refractivity contribution is 0.234. The van der Waals surface area contributed by atoms with Gasteiger partial charge in [-0.25, -0.2) is 4.79 Å². The van der Waals surface area contributed by atoms with Crippen LogP contribution < -0.4 is 15.4 Å². The molecule has 0 aliphatic carbocycles. The Hall–Kier alpha value is -2.36. The quantitative estimate of drug-likeness (QED) is 0.491. The van der Waals surface area contributed by atoms with Crippen LogP contribution in [0.1, 0.15) is 0 Å². The van der Waals surface area contributed by atoms with Crippen LogP contribution in [0.4, 0.5) is 10.5 Å². The zero-order valence-corrected chi connectivity index (χ0v) is 12.9. The SMILES string of the molecule is N#CSc1ccc(NC(=O)NCOc2ccc(Cl)cc2)cc1. The molecule has 2 N–H and O–H groups in total. The molecule has 0 fully saturated rings. The average Bonchev–Trinajstić information content (AvgIpc) is 2.51. The van der Waals surface area contributed by atoms with Crippen LogP contribution in [0.3, 0.4) is 0 Å². The summed E-state index contributed by atoms with van der Waals surface area (Å²) in [5, 5.41) is 16.4. The summed E-state index contributed by atoms with van der Waals surface area (Å²) in [6.45, 7) is 0.0375. The summed E-state index contributed by atoms with van der Waals surface area (Å²) >= 11 is 6.83. The zero-order valence-electron chi connectivity index (χ0n) is 11.4. The number of anilines is 1. The summed E-state index contributed by atoms with van der Waals surface area (Å²) in [7, 11) is 0. The third-order valence-corrected chi connectivity index (χ3v) is 3.41. The van der Waals surface area contributed by atoms with E-state index in [0.717, 1.165) is 16.7 Å². The van der Waals surface area contributed by atoms with Gasteiger partial charge in [0.15, 0.2) is 6.73 Å². The molecular weight excluding hydrogens is 322 g/mol. The normalized spacial score (nSPS) is 9.64. The molecule has 0 bridgehead atoms. The predicted octanol–water partition coefficient (Wildman–Crippen LogP) is 4.07. The van der Waals surface area contributed by atoms with E-state index < -0.39 is 0 Å². The summed E-state index contributed by atoms with van der Waals surface area (Å²) in [6, 6.07) is 13.4. The average molecular weight is 334 g/mol. The molecule has 0 aliphatic heterocycles. The first-order valence-corrected chi connectivity index (χ1v) is 7.46. The van der Waals surface area contributed by atoms with Crippen molar-refractivity contribution >= 4 is 35.1 Å². The van der Waals surface area contributed by atoms with Crippen molar-refractivity contribution in [1.82, 2.24) is 5.32 Å². The van der Waals surface area contributed by atoms with E-state index in [1.165, 1.54) is 0 Å². The number of thioether (sulfide) groups is 1. The van der Waals surface area contributed by atoms with Gasteiger partial charge >= 0.3 is 6.03 Å². The minimum absolute atomic E-state index is 0.0375. The van der Waals surface area contributed by atoms with Gasteiger partial charge in [0.25, 0.3) is 0 Å². The summed E-state index contributed by atoms with van der Waals surface area (Å²) in [5.74, 6) is 0.614.